The molecule has 0 fully saturated rings. The van der Waals surface area contributed by atoms with Crippen molar-refractivity contribution in [3.8, 4) is 0 Å². The predicted molar refractivity (Wildman–Crippen MR) is 0 cm³/mol. The normalized spacial score (nSPS) is 10.0. The topological polar surface area (TPSA) is 184 Å². The molecule has 0 saturated carbocycles. The molecular weight excluding hydrogens is 428 g/mol. The minimum atomic E-state index is -5.94. The Morgan fingerprint density at radius 2 is 0.417 bits per heavy atom. The fourth-order valence-corrected chi connectivity index (χ4v) is 0. The Morgan fingerprint density at radius 1 is 0.417 bits per heavy atom. The van der Waals surface area contributed by atoms with Gasteiger partial charge in [-0.3, -0.25) is 27.5 Å². The fourth-order valence-electron chi connectivity index (χ4n) is 0. The largest absolute Gasteiger partial charge is 1.00 e. The van der Waals surface area contributed by atoms with Crippen LogP contribution in [0.25, 0.3) is 0 Å². The molecule has 0 N–H and O–H groups in total. The third-order valence-electron chi connectivity index (χ3n) is 0. The van der Waals surface area contributed by atoms with Crippen LogP contribution in [-0.2, 0) is 0 Å². The van der Waals surface area contributed by atoms with Crippen LogP contribution in [0.4, 0.5) is 0 Å². The minimum absolute atomic E-state index is 0. The van der Waals surface area contributed by atoms with Gasteiger partial charge in [0.1, 0.15) is 40.2 Å². The van der Waals surface area contributed by atoms with Crippen molar-refractivity contribution >= 4 is 0 Å². The summed E-state index contributed by atoms with van der Waals surface area (Å²) < 4.78 is 68.9. The molecule has 0 aromatic carbocycles. The van der Waals surface area contributed by atoms with E-state index in [-0.39, 0.29) is 59.1 Å². The van der Waals surface area contributed by atoms with Gasteiger partial charge in [0.2, 0.25) is 0 Å². The van der Waals surface area contributed by atoms with Gasteiger partial charge in [-0.05, 0) is 0 Å². The van der Waals surface area contributed by atoms with Crippen LogP contribution in [0.1, 0.15) is 0 Å². The summed E-state index contributed by atoms with van der Waals surface area (Å²) in [4.78, 5) is 0. The van der Waals surface area contributed by atoms with Crippen molar-refractivity contribution in [2.45, 2.75) is 0 Å². The molecule has 0 radical (unpaired) electrons. The van der Waals surface area contributed by atoms with Crippen molar-refractivity contribution in [2.75, 3.05) is 0 Å². The van der Waals surface area contributed by atoms with Gasteiger partial charge in [-0.15, -0.1) is 0 Å². The molecule has 0 rings (SSSR count). The third-order valence-corrected chi connectivity index (χ3v) is 0. The standard InChI is InChI=1S/2IO4.2Na/c2*2-1(3,4)5;;/q2*-1;2*+1. The van der Waals surface area contributed by atoms with E-state index in [1.165, 1.54) is 0 Å². The smallest absolute Gasteiger partial charge is 0.286 e. The molecule has 0 aliphatic carbocycles. The molecule has 0 amide bonds. The van der Waals surface area contributed by atoms with Gasteiger partial charge in [0.25, 0.3) is 0 Å². The molecule has 12 heteroatoms. The van der Waals surface area contributed by atoms with Gasteiger partial charge in [0.15, 0.2) is 0 Å². The summed E-state index contributed by atoms with van der Waals surface area (Å²) in [6.07, 6.45) is 0. The second-order valence-electron chi connectivity index (χ2n) is 0.756. The first kappa shape index (κ1) is 24.4. The Kier molecular flexibility index (Phi) is 21.7. The van der Waals surface area contributed by atoms with Crippen LogP contribution in [0.5, 0.6) is 0 Å². The van der Waals surface area contributed by atoms with E-state index in [2.05, 4.69) is 0 Å². The molecule has 0 spiro atoms. The number of halogens is 2. The fraction of sp³-hybridized carbons (Fsp3) is 0. The monoisotopic (exact) mass is 428 g/mol. The van der Waals surface area contributed by atoms with Gasteiger partial charge in [-0.2, -0.15) is 0 Å². The summed E-state index contributed by atoms with van der Waals surface area (Å²) in [5.41, 5.74) is 0. The van der Waals surface area contributed by atoms with Crippen LogP contribution < -0.4 is 127 Å². The Balaban J connectivity index is -0.0000000457. The van der Waals surface area contributed by atoms with Crippen molar-refractivity contribution in [1.29, 1.82) is 0 Å². The van der Waals surface area contributed by atoms with Crippen LogP contribution in [-0.4, -0.2) is 0 Å². The second kappa shape index (κ2) is 10.7. The zero-order chi connectivity index (χ0) is 9.00. The van der Waals surface area contributed by atoms with Crippen molar-refractivity contribution in [3.63, 3.8) is 0 Å². The molecule has 0 heterocycles. The van der Waals surface area contributed by atoms with E-state index in [4.69, 9.17) is 27.5 Å². The van der Waals surface area contributed by atoms with Gasteiger partial charge in [0, 0.05) is 0 Å². The average Bonchev–Trinajstić information content (AvgIpc) is 1.12. The average molecular weight is 428 g/mol. The van der Waals surface area contributed by atoms with Gasteiger partial charge >= 0.3 is 59.1 Å². The van der Waals surface area contributed by atoms with Gasteiger partial charge in [-0.25, -0.2) is 0 Å². The summed E-state index contributed by atoms with van der Waals surface area (Å²) in [6.45, 7) is 0. The van der Waals surface area contributed by atoms with E-state index in [0.29, 0.717) is 0 Å². The van der Waals surface area contributed by atoms with E-state index in [1.54, 1.807) is 0 Å². The molecule has 0 aliphatic heterocycles. The summed E-state index contributed by atoms with van der Waals surface area (Å²) in [5.74, 6) is 0. The molecule has 0 aliphatic rings. The minimum Gasteiger partial charge on any atom is -0.286 e. The Bertz CT molecular complexity index is 58.0. The van der Waals surface area contributed by atoms with E-state index in [9.17, 15) is 0 Å². The maximum absolute atomic E-state index is 8.62. The van der Waals surface area contributed by atoms with Crippen LogP contribution in [0.15, 0.2) is 0 Å². The first-order valence-electron chi connectivity index (χ1n) is 1.23. The molecular formula is I2Na2O8. The van der Waals surface area contributed by atoms with Crippen LogP contribution >= 0.6 is 0 Å². The van der Waals surface area contributed by atoms with E-state index in [1.807, 2.05) is 0 Å². The molecule has 0 aromatic rings. The first-order valence-corrected chi connectivity index (χ1v) is 8.28. The molecule has 0 saturated heterocycles. The van der Waals surface area contributed by atoms with Crippen molar-refractivity contribution in [3.05, 3.63) is 0 Å². The summed E-state index contributed by atoms with van der Waals surface area (Å²) >= 11 is -11.9. The summed E-state index contributed by atoms with van der Waals surface area (Å²) in [6, 6.07) is 0. The quantitative estimate of drug-likeness (QED) is 0.269. The molecule has 12 heavy (non-hydrogen) atoms. The van der Waals surface area contributed by atoms with Crippen LogP contribution in [0.3, 0.4) is 0 Å². The zero-order valence-electron chi connectivity index (χ0n) is 6.02. The molecule has 0 atom stereocenters. The molecule has 8 nitrogen and oxygen atoms in total. The molecule has 0 unspecified atom stereocenters. The molecule has 64 valence electrons. The van der Waals surface area contributed by atoms with E-state index in [0.717, 1.165) is 0 Å². The van der Waals surface area contributed by atoms with E-state index < -0.39 is 40.2 Å². The Labute approximate surface area is 124 Å². The van der Waals surface area contributed by atoms with Crippen molar-refractivity contribution in [1.82, 2.24) is 0 Å². The maximum Gasteiger partial charge on any atom is 1.00 e. The molecule has 0 bridgehead atoms. The summed E-state index contributed by atoms with van der Waals surface area (Å²) in [5, 5.41) is 0. The van der Waals surface area contributed by atoms with Gasteiger partial charge in [0.05, 0.1) is 0 Å². The van der Waals surface area contributed by atoms with Gasteiger partial charge < -0.3 is 0 Å². The van der Waals surface area contributed by atoms with E-state index >= 15 is 0 Å². The number of rotatable bonds is 0. The number of hydrogen-bond acceptors (Lipinski definition) is 8. The maximum atomic E-state index is 8.62. The number of hydrogen-bond donors (Lipinski definition) is 0. The zero-order valence-corrected chi connectivity index (χ0v) is 14.3. The summed E-state index contributed by atoms with van der Waals surface area (Å²) in [7, 11) is 0. The van der Waals surface area contributed by atoms with Crippen LogP contribution in [0.2, 0.25) is 0 Å². The Morgan fingerprint density at radius 3 is 0.417 bits per heavy atom. The van der Waals surface area contributed by atoms with Crippen molar-refractivity contribution < 1.29 is 127 Å². The third kappa shape index (κ3) is 196. The van der Waals surface area contributed by atoms with Crippen LogP contribution in [0, 0.1) is 0 Å². The first-order chi connectivity index (χ1) is 4.00. The van der Waals surface area contributed by atoms with Crippen molar-refractivity contribution in [2.24, 2.45) is 0 Å². The Hall–Kier alpha value is 3.14. The SMILES string of the molecule is [Na+].[Na+].[O-][I+3]([O-])([O-])[O-].[O-][I+3]([O-])([O-])[O-]. The van der Waals surface area contributed by atoms with Gasteiger partial charge in [-0.1, -0.05) is 0 Å². The molecule has 0 aromatic heterocycles. The predicted octanol–water partition coefficient (Wildman–Crippen LogP) is -21.5. The second-order valence-corrected chi connectivity index (χ2v) is 5.07.